The van der Waals surface area contributed by atoms with Gasteiger partial charge in [0.25, 0.3) is 11.2 Å². The van der Waals surface area contributed by atoms with Crippen molar-refractivity contribution in [3.63, 3.8) is 0 Å². The highest BCUT2D eigenvalue weighted by atomic mass is 79.9. The predicted octanol–water partition coefficient (Wildman–Crippen LogP) is 4.15. The molecule has 2 aromatic carbocycles. The van der Waals surface area contributed by atoms with Gasteiger partial charge in [0.05, 0.1) is 31.6 Å². The van der Waals surface area contributed by atoms with E-state index in [1.807, 2.05) is 35.9 Å². The van der Waals surface area contributed by atoms with E-state index in [0.29, 0.717) is 10.2 Å². The number of fused-ring (bicyclic) bond motifs is 3. The second-order valence-corrected chi connectivity index (χ2v) is 6.57. The third-order valence-electron chi connectivity index (χ3n) is 4.32. The fraction of sp³-hybridized carbons (Fsp3) is 0.0556. The third kappa shape index (κ3) is 2.27. The molecule has 4 aromatic rings. The van der Waals surface area contributed by atoms with Crippen molar-refractivity contribution in [1.82, 2.24) is 9.13 Å². The molecule has 0 saturated carbocycles. The van der Waals surface area contributed by atoms with Crippen molar-refractivity contribution in [3.05, 3.63) is 79.5 Å². The van der Waals surface area contributed by atoms with Gasteiger partial charge in [-0.2, -0.15) is 0 Å². The van der Waals surface area contributed by atoms with E-state index >= 15 is 0 Å². The molecular weight excluding hydrogens is 386 g/mol. The molecule has 0 fully saturated rings. The van der Waals surface area contributed by atoms with E-state index in [1.54, 1.807) is 18.2 Å². The zero-order valence-electron chi connectivity index (χ0n) is 13.1. The van der Waals surface area contributed by atoms with Gasteiger partial charge in [0, 0.05) is 24.6 Å². The van der Waals surface area contributed by atoms with Gasteiger partial charge in [0.2, 0.25) is 0 Å². The first kappa shape index (κ1) is 15.6. The van der Waals surface area contributed by atoms with Crippen LogP contribution in [0.3, 0.4) is 0 Å². The largest absolute Gasteiger partial charge is 0.342 e. The van der Waals surface area contributed by atoms with Crippen molar-refractivity contribution in [2.24, 2.45) is 7.05 Å². The van der Waals surface area contributed by atoms with Gasteiger partial charge in [-0.15, -0.1) is 0 Å². The predicted molar refractivity (Wildman–Crippen MR) is 100 cm³/mol. The number of aromatic nitrogens is 2. The molecule has 0 bridgehead atoms. The van der Waals surface area contributed by atoms with Crippen LogP contribution in [0.5, 0.6) is 0 Å². The highest BCUT2D eigenvalue weighted by Gasteiger charge is 2.18. The lowest BCUT2D eigenvalue weighted by molar-refractivity contribution is -0.384. The van der Waals surface area contributed by atoms with Gasteiger partial charge >= 0.3 is 0 Å². The van der Waals surface area contributed by atoms with Crippen LogP contribution in [-0.2, 0) is 7.05 Å². The fourth-order valence-corrected chi connectivity index (χ4v) is 3.57. The van der Waals surface area contributed by atoms with Crippen LogP contribution < -0.4 is 5.56 Å². The summed E-state index contributed by atoms with van der Waals surface area (Å²) in [6.07, 6.45) is 0. The number of hydrogen-bond acceptors (Lipinski definition) is 3. The monoisotopic (exact) mass is 397 g/mol. The number of aryl methyl sites for hydroxylation is 1. The first-order valence-electron chi connectivity index (χ1n) is 7.52. The minimum absolute atomic E-state index is 0.0576. The summed E-state index contributed by atoms with van der Waals surface area (Å²) in [5.74, 6) is 0. The van der Waals surface area contributed by atoms with Crippen LogP contribution in [0.15, 0.2) is 63.9 Å². The maximum absolute atomic E-state index is 12.9. The first-order chi connectivity index (χ1) is 12.0. The quantitative estimate of drug-likeness (QED) is 0.376. The Labute approximate surface area is 150 Å². The minimum atomic E-state index is -0.465. The van der Waals surface area contributed by atoms with E-state index in [0.717, 1.165) is 21.9 Å². The Hall–Kier alpha value is -2.93. The highest BCUT2D eigenvalue weighted by molar-refractivity contribution is 9.10. The number of para-hydroxylation sites is 1. The molecule has 2 heterocycles. The van der Waals surface area contributed by atoms with Crippen molar-refractivity contribution in [1.29, 1.82) is 0 Å². The van der Waals surface area contributed by atoms with Crippen LogP contribution in [0.1, 0.15) is 0 Å². The number of halogens is 1. The fourth-order valence-electron chi connectivity index (χ4n) is 3.18. The van der Waals surface area contributed by atoms with Gasteiger partial charge < -0.3 is 4.57 Å². The van der Waals surface area contributed by atoms with Crippen LogP contribution in [0.4, 0.5) is 5.69 Å². The molecule has 2 aromatic heterocycles. The molecule has 0 aliphatic rings. The summed E-state index contributed by atoms with van der Waals surface area (Å²) in [4.78, 5) is 23.5. The molecule has 25 heavy (non-hydrogen) atoms. The topological polar surface area (TPSA) is 70.1 Å². The van der Waals surface area contributed by atoms with Gasteiger partial charge in [-0.3, -0.25) is 19.5 Å². The maximum atomic E-state index is 12.9. The van der Waals surface area contributed by atoms with E-state index in [1.165, 1.54) is 16.7 Å². The number of pyridine rings is 1. The summed E-state index contributed by atoms with van der Waals surface area (Å²) in [6.45, 7) is 0. The summed E-state index contributed by atoms with van der Waals surface area (Å²) in [5.41, 5.74) is 2.71. The Bertz CT molecular complexity index is 1220. The lowest BCUT2D eigenvalue weighted by Gasteiger charge is -2.10. The Morgan fingerprint density at radius 1 is 1.04 bits per heavy atom. The van der Waals surface area contributed by atoms with E-state index < -0.39 is 4.92 Å². The molecule has 0 radical (unpaired) electrons. The zero-order chi connectivity index (χ0) is 17.7. The first-order valence-corrected chi connectivity index (χ1v) is 8.32. The smallest absolute Gasteiger partial charge is 0.271 e. The molecule has 0 aliphatic heterocycles. The van der Waals surface area contributed by atoms with Crippen LogP contribution in [0, 0.1) is 10.1 Å². The van der Waals surface area contributed by atoms with E-state index in [-0.39, 0.29) is 11.2 Å². The number of nitrogens with zero attached hydrogens (tertiary/aromatic N) is 3. The minimum Gasteiger partial charge on any atom is -0.342 e. The summed E-state index contributed by atoms with van der Waals surface area (Å²) in [5, 5.41) is 12.0. The van der Waals surface area contributed by atoms with E-state index in [4.69, 9.17) is 0 Å². The van der Waals surface area contributed by atoms with Crippen molar-refractivity contribution in [2.45, 2.75) is 0 Å². The number of rotatable bonds is 2. The van der Waals surface area contributed by atoms with E-state index in [2.05, 4.69) is 15.9 Å². The van der Waals surface area contributed by atoms with Crippen molar-refractivity contribution >= 4 is 43.6 Å². The highest BCUT2D eigenvalue weighted by Crippen LogP contribution is 2.30. The Balaban J connectivity index is 2.22. The number of nitro groups is 1. The summed E-state index contributed by atoms with van der Waals surface area (Å²) in [6, 6.07) is 15.6. The average Bonchev–Trinajstić information content (AvgIpc) is 2.89. The van der Waals surface area contributed by atoms with Gasteiger partial charge in [0.1, 0.15) is 0 Å². The lowest BCUT2D eigenvalue weighted by Crippen LogP contribution is -2.19. The maximum Gasteiger partial charge on any atom is 0.271 e. The van der Waals surface area contributed by atoms with Crippen LogP contribution in [0.25, 0.3) is 27.6 Å². The van der Waals surface area contributed by atoms with Gasteiger partial charge in [0.15, 0.2) is 0 Å². The molecule has 4 rings (SSSR count). The molecule has 124 valence electrons. The Morgan fingerprint density at radius 2 is 1.80 bits per heavy atom. The zero-order valence-corrected chi connectivity index (χ0v) is 14.7. The molecule has 0 saturated heterocycles. The molecule has 0 atom stereocenters. The lowest BCUT2D eigenvalue weighted by atomic mass is 10.2. The van der Waals surface area contributed by atoms with Gasteiger partial charge in [-0.1, -0.05) is 24.3 Å². The van der Waals surface area contributed by atoms with Crippen LogP contribution >= 0.6 is 15.9 Å². The van der Waals surface area contributed by atoms with Gasteiger partial charge in [-0.25, -0.2) is 0 Å². The molecule has 0 aliphatic carbocycles. The number of nitro benzene ring substituents is 1. The normalized spacial score (nSPS) is 11.3. The average molecular weight is 398 g/mol. The van der Waals surface area contributed by atoms with Crippen LogP contribution in [0.2, 0.25) is 0 Å². The molecule has 7 heteroatoms. The SMILES string of the molecule is Cn1c2ccccc2c2c1cc(Br)c(=O)n2-c1cccc([N+](=O)[O-])c1. The third-order valence-corrected chi connectivity index (χ3v) is 4.89. The Kier molecular flexibility index (Phi) is 3.47. The molecule has 0 amide bonds. The standard InChI is InChI=1S/C18H12BrN3O3/c1-20-15-8-3-2-7-13(15)17-16(20)10-14(19)18(23)21(17)11-5-4-6-12(9-11)22(24)25/h2-10H,1H3. The summed E-state index contributed by atoms with van der Waals surface area (Å²) < 4.78 is 3.93. The molecular formula is C18H12BrN3O3. The Morgan fingerprint density at radius 3 is 2.56 bits per heavy atom. The second kappa shape index (κ2) is 5.56. The van der Waals surface area contributed by atoms with Crippen LogP contribution in [-0.4, -0.2) is 14.1 Å². The molecule has 0 spiro atoms. The second-order valence-electron chi connectivity index (χ2n) is 5.72. The summed E-state index contributed by atoms with van der Waals surface area (Å²) in [7, 11) is 1.93. The van der Waals surface area contributed by atoms with E-state index in [9.17, 15) is 14.9 Å². The number of hydrogen-bond donors (Lipinski definition) is 0. The van der Waals surface area contributed by atoms with Crippen molar-refractivity contribution in [2.75, 3.05) is 0 Å². The van der Waals surface area contributed by atoms with Gasteiger partial charge in [-0.05, 0) is 34.1 Å². The molecule has 0 unspecified atom stereocenters. The number of benzene rings is 2. The van der Waals surface area contributed by atoms with Crippen molar-refractivity contribution < 1.29 is 4.92 Å². The molecule has 6 nitrogen and oxygen atoms in total. The molecule has 0 N–H and O–H groups in total. The number of non-ortho nitro benzene ring substituents is 1. The van der Waals surface area contributed by atoms with Crippen molar-refractivity contribution in [3.8, 4) is 5.69 Å². The summed E-state index contributed by atoms with van der Waals surface area (Å²) >= 11 is 3.32.